The summed E-state index contributed by atoms with van der Waals surface area (Å²) in [6.45, 7) is 3.22. The molecular weight excluding hydrogens is 284 g/mol. The second-order valence-corrected chi connectivity index (χ2v) is 5.66. The van der Waals surface area contributed by atoms with Crippen LogP contribution in [0.1, 0.15) is 0 Å². The molecule has 1 aromatic heterocycles. The first-order valence-corrected chi connectivity index (χ1v) is 8.10. The second-order valence-electron chi connectivity index (χ2n) is 4.81. The fraction of sp³-hybridized carbons (Fsp3) is 0.333. The molecule has 2 heterocycles. The number of anilines is 2. The minimum absolute atomic E-state index is 0.731. The van der Waals surface area contributed by atoms with Gasteiger partial charge in [0.05, 0.1) is 18.1 Å². The third-order valence-corrected chi connectivity index (χ3v) is 4.16. The van der Waals surface area contributed by atoms with Crippen molar-refractivity contribution in [2.75, 3.05) is 43.2 Å². The van der Waals surface area contributed by atoms with Gasteiger partial charge in [-0.05, 0) is 30.5 Å². The summed E-state index contributed by atoms with van der Waals surface area (Å²) >= 11 is 1.67. The van der Waals surface area contributed by atoms with Crippen molar-refractivity contribution in [1.29, 1.82) is 0 Å². The summed E-state index contributed by atoms with van der Waals surface area (Å²) in [5, 5.41) is 0. The minimum Gasteiger partial charge on any atom is -0.399 e. The Morgan fingerprint density at radius 3 is 2.57 bits per heavy atom. The standard InChI is InChI=1S/C15H18N4OS/c1-21-13-10-17-14(11-2-4-12(16)5-3-11)18-15(13)19-6-8-20-9-7-19/h2-5,10H,6-9,16H2,1H3. The van der Waals surface area contributed by atoms with Gasteiger partial charge in [0.2, 0.25) is 0 Å². The highest BCUT2D eigenvalue weighted by Crippen LogP contribution is 2.29. The molecule has 0 aliphatic carbocycles. The normalized spacial score (nSPS) is 15.2. The number of hydrogen-bond acceptors (Lipinski definition) is 6. The van der Waals surface area contributed by atoms with E-state index in [9.17, 15) is 0 Å². The molecular formula is C15H18N4OS. The van der Waals surface area contributed by atoms with E-state index < -0.39 is 0 Å². The first kappa shape index (κ1) is 14.2. The lowest BCUT2D eigenvalue weighted by atomic mass is 10.2. The van der Waals surface area contributed by atoms with E-state index in [2.05, 4.69) is 9.88 Å². The Labute approximate surface area is 128 Å². The van der Waals surface area contributed by atoms with Crippen molar-refractivity contribution in [3.63, 3.8) is 0 Å². The van der Waals surface area contributed by atoms with Crippen LogP contribution in [0.25, 0.3) is 11.4 Å². The van der Waals surface area contributed by atoms with E-state index in [4.69, 9.17) is 15.5 Å². The van der Waals surface area contributed by atoms with Crippen molar-refractivity contribution in [3.05, 3.63) is 30.5 Å². The van der Waals surface area contributed by atoms with Gasteiger partial charge in [0, 0.05) is 30.5 Å². The van der Waals surface area contributed by atoms with Crippen molar-refractivity contribution in [1.82, 2.24) is 9.97 Å². The van der Waals surface area contributed by atoms with Gasteiger partial charge in [0.15, 0.2) is 5.82 Å². The van der Waals surface area contributed by atoms with Gasteiger partial charge in [0.25, 0.3) is 0 Å². The maximum Gasteiger partial charge on any atom is 0.161 e. The van der Waals surface area contributed by atoms with Crippen molar-refractivity contribution < 1.29 is 4.74 Å². The lowest BCUT2D eigenvalue weighted by Crippen LogP contribution is -2.37. The number of nitrogens with zero attached hydrogens (tertiary/aromatic N) is 3. The molecule has 1 aliphatic rings. The maximum absolute atomic E-state index is 5.73. The summed E-state index contributed by atoms with van der Waals surface area (Å²) in [7, 11) is 0. The molecule has 0 amide bonds. The summed E-state index contributed by atoms with van der Waals surface area (Å²) in [6.07, 6.45) is 3.94. The molecule has 2 N–H and O–H groups in total. The predicted octanol–water partition coefficient (Wildman–Crippen LogP) is 2.28. The number of thioether (sulfide) groups is 1. The predicted molar refractivity (Wildman–Crippen MR) is 86.7 cm³/mol. The third-order valence-electron chi connectivity index (χ3n) is 3.44. The van der Waals surface area contributed by atoms with Crippen molar-refractivity contribution in [2.24, 2.45) is 0 Å². The zero-order valence-corrected chi connectivity index (χ0v) is 12.8. The number of benzene rings is 1. The van der Waals surface area contributed by atoms with E-state index in [0.29, 0.717) is 0 Å². The van der Waals surface area contributed by atoms with Crippen molar-refractivity contribution in [3.8, 4) is 11.4 Å². The van der Waals surface area contributed by atoms with Gasteiger partial charge in [-0.25, -0.2) is 9.97 Å². The van der Waals surface area contributed by atoms with Gasteiger partial charge in [-0.15, -0.1) is 11.8 Å². The second kappa shape index (κ2) is 6.32. The van der Waals surface area contributed by atoms with Crippen LogP contribution in [0.4, 0.5) is 11.5 Å². The van der Waals surface area contributed by atoms with E-state index in [-0.39, 0.29) is 0 Å². The first-order chi connectivity index (χ1) is 10.3. The van der Waals surface area contributed by atoms with Crippen LogP contribution in [0.3, 0.4) is 0 Å². The van der Waals surface area contributed by atoms with Crippen LogP contribution in [0, 0.1) is 0 Å². The van der Waals surface area contributed by atoms with Crippen LogP contribution in [0.2, 0.25) is 0 Å². The Morgan fingerprint density at radius 1 is 1.19 bits per heavy atom. The molecule has 3 rings (SSSR count). The molecule has 110 valence electrons. The van der Waals surface area contributed by atoms with Crippen LogP contribution in [-0.4, -0.2) is 42.5 Å². The fourth-order valence-corrected chi connectivity index (χ4v) is 2.79. The SMILES string of the molecule is CSc1cnc(-c2ccc(N)cc2)nc1N1CCOCC1. The van der Waals surface area contributed by atoms with E-state index in [0.717, 1.165) is 54.1 Å². The zero-order chi connectivity index (χ0) is 14.7. The smallest absolute Gasteiger partial charge is 0.161 e. The Morgan fingerprint density at radius 2 is 1.90 bits per heavy atom. The number of morpholine rings is 1. The highest BCUT2D eigenvalue weighted by molar-refractivity contribution is 7.98. The number of ether oxygens (including phenoxy) is 1. The molecule has 6 heteroatoms. The van der Waals surface area contributed by atoms with Gasteiger partial charge < -0.3 is 15.4 Å². The van der Waals surface area contributed by atoms with Gasteiger partial charge in [0.1, 0.15) is 5.82 Å². The monoisotopic (exact) mass is 302 g/mol. The fourth-order valence-electron chi connectivity index (χ4n) is 2.28. The molecule has 1 aromatic carbocycles. The first-order valence-electron chi connectivity index (χ1n) is 6.87. The summed E-state index contributed by atoms with van der Waals surface area (Å²) in [4.78, 5) is 12.6. The summed E-state index contributed by atoms with van der Waals surface area (Å²) in [5.41, 5.74) is 7.45. The van der Waals surface area contributed by atoms with Crippen LogP contribution >= 0.6 is 11.8 Å². The topological polar surface area (TPSA) is 64.3 Å². The highest BCUT2D eigenvalue weighted by Gasteiger charge is 2.17. The van der Waals surface area contributed by atoms with Gasteiger partial charge in [-0.3, -0.25) is 0 Å². The van der Waals surface area contributed by atoms with Crippen LogP contribution in [-0.2, 0) is 4.74 Å². The lowest BCUT2D eigenvalue weighted by Gasteiger charge is -2.29. The molecule has 0 saturated carbocycles. The number of nitrogen functional groups attached to an aromatic ring is 1. The lowest BCUT2D eigenvalue weighted by molar-refractivity contribution is 0.122. The molecule has 1 aliphatic heterocycles. The summed E-state index contributed by atoms with van der Waals surface area (Å²) < 4.78 is 5.42. The molecule has 0 radical (unpaired) electrons. The van der Waals surface area contributed by atoms with Crippen LogP contribution in [0.15, 0.2) is 35.4 Å². The molecule has 0 unspecified atom stereocenters. The number of nitrogens with two attached hydrogens (primary N) is 1. The average molecular weight is 302 g/mol. The number of aromatic nitrogens is 2. The van der Waals surface area contributed by atoms with Crippen LogP contribution < -0.4 is 10.6 Å². The van der Waals surface area contributed by atoms with E-state index in [1.165, 1.54) is 0 Å². The van der Waals surface area contributed by atoms with E-state index in [1.54, 1.807) is 11.8 Å². The van der Waals surface area contributed by atoms with Crippen molar-refractivity contribution in [2.45, 2.75) is 4.90 Å². The molecule has 1 saturated heterocycles. The molecule has 0 bridgehead atoms. The van der Waals surface area contributed by atoms with Gasteiger partial charge in [-0.2, -0.15) is 0 Å². The molecule has 0 atom stereocenters. The van der Waals surface area contributed by atoms with Crippen molar-refractivity contribution >= 4 is 23.3 Å². The Balaban J connectivity index is 1.97. The minimum atomic E-state index is 0.731. The largest absolute Gasteiger partial charge is 0.399 e. The molecule has 1 fully saturated rings. The molecule has 2 aromatic rings. The Bertz CT molecular complexity index is 612. The third kappa shape index (κ3) is 3.11. The molecule has 21 heavy (non-hydrogen) atoms. The Hall–Kier alpha value is -1.79. The summed E-state index contributed by atoms with van der Waals surface area (Å²) in [5.74, 6) is 1.72. The molecule has 5 nitrogen and oxygen atoms in total. The summed E-state index contributed by atoms with van der Waals surface area (Å²) in [6, 6.07) is 7.64. The van der Waals surface area contributed by atoms with Gasteiger partial charge >= 0.3 is 0 Å². The Kier molecular flexibility index (Phi) is 4.26. The number of rotatable bonds is 3. The van der Waals surface area contributed by atoms with Gasteiger partial charge in [-0.1, -0.05) is 0 Å². The quantitative estimate of drug-likeness (QED) is 0.693. The van der Waals surface area contributed by atoms with E-state index in [1.807, 2.05) is 36.7 Å². The highest BCUT2D eigenvalue weighted by atomic mass is 32.2. The van der Waals surface area contributed by atoms with Crippen LogP contribution in [0.5, 0.6) is 0 Å². The maximum atomic E-state index is 5.73. The molecule has 0 spiro atoms. The average Bonchev–Trinajstić information content (AvgIpc) is 2.56. The zero-order valence-electron chi connectivity index (χ0n) is 12.0. The number of hydrogen-bond donors (Lipinski definition) is 1. The van der Waals surface area contributed by atoms with E-state index >= 15 is 0 Å².